The number of phosphoric ester groups is 1. The van der Waals surface area contributed by atoms with Gasteiger partial charge in [-0.05, 0) is 12.8 Å². The second-order valence-corrected chi connectivity index (χ2v) is 7.06. The second kappa shape index (κ2) is 18.1. The molecule has 0 heterocycles. The Balaban J connectivity index is 0. The largest absolute Gasteiger partial charge is 1.00 e. The Labute approximate surface area is 149 Å². The van der Waals surface area contributed by atoms with Crippen molar-refractivity contribution in [2.45, 2.75) is 90.9 Å². The van der Waals surface area contributed by atoms with E-state index in [0.717, 1.165) is 38.5 Å². The van der Waals surface area contributed by atoms with Crippen molar-refractivity contribution in [3.8, 4) is 0 Å². The van der Waals surface area contributed by atoms with Crippen LogP contribution in [0.15, 0.2) is 0 Å². The van der Waals surface area contributed by atoms with Crippen molar-refractivity contribution in [1.29, 1.82) is 0 Å². The summed E-state index contributed by atoms with van der Waals surface area (Å²) >= 11 is 0. The average Bonchev–Trinajstić information content (AvgIpc) is 2.45. The van der Waals surface area contributed by atoms with E-state index in [-0.39, 0.29) is 32.1 Å². The molecule has 0 aromatic rings. The summed E-state index contributed by atoms with van der Waals surface area (Å²) in [6, 6.07) is 0. The van der Waals surface area contributed by atoms with Gasteiger partial charge in [-0.25, -0.2) is 0 Å². The maximum atomic E-state index is 11.5. The van der Waals surface area contributed by atoms with Crippen molar-refractivity contribution in [3.05, 3.63) is 0 Å². The van der Waals surface area contributed by atoms with Gasteiger partial charge in [0.25, 0.3) is 7.82 Å². The van der Waals surface area contributed by atoms with E-state index in [1.54, 1.807) is 0 Å². The molecule has 0 saturated heterocycles. The van der Waals surface area contributed by atoms with Gasteiger partial charge >= 0.3 is 18.9 Å². The van der Waals surface area contributed by atoms with Crippen LogP contribution in [0.4, 0.5) is 0 Å². The monoisotopic (exact) mass is 328 g/mol. The fourth-order valence-electron chi connectivity index (χ4n) is 2.15. The summed E-state index contributed by atoms with van der Waals surface area (Å²) < 4.78 is 21.2. The Morgan fingerprint density at radius 1 is 0.682 bits per heavy atom. The molecule has 0 aliphatic rings. The number of hydrogen-bond acceptors (Lipinski definition) is 4. The van der Waals surface area contributed by atoms with Gasteiger partial charge in [0.15, 0.2) is 0 Å². The molecule has 0 amide bonds. The molecular formula is C16H34LiO4P. The van der Waals surface area contributed by atoms with Crippen LogP contribution in [0.25, 0.3) is 0 Å². The summed E-state index contributed by atoms with van der Waals surface area (Å²) in [7, 11) is -4.07. The summed E-state index contributed by atoms with van der Waals surface area (Å²) in [5.74, 6) is 0. The van der Waals surface area contributed by atoms with Gasteiger partial charge in [-0.2, -0.15) is 0 Å². The van der Waals surface area contributed by atoms with Crippen LogP contribution in [0.3, 0.4) is 0 Å². The van der Waals surface area contributed by atoms with Crippen molar-refractivity contribution in [3.63, 3.8) is 0 Å². The standard InChI is InChI=1S/C16H35O4P.Li/c1-3-5-7-9-11-13-15-19-21(17,18)20-16-14-12-10-8-6-4-2;/h3-16H2,1-2H3,(H,17,18);/q;+1/p-1. The third kappa shape index (κ3) is 18.8. The number of rotatable bonds is 16. The van der Waals surface area contributed by atoms with Crippen LogP contribution in [0.2, 0.25) is 0 Å². The SMILES string of the molecule is CCCCCCCCOP(=O)([O-])OCCCCCCCC.[Li+]. The molecule has 0 rings (SSSR count). The normalized spacial score (nSPS) is 11.4. The molecule has 0 aliphatic heterocycles. The van der Waals surface area contributed by atoms with E-state index >= 15 is 0 Å². The molecule has 6 heteroatoms. The van der Waals surface area contributed by atoms with E-state index in [1.807, 2.05) is 0 Å². The summed E-state index contributed by atoms with van der Waals surface area (Å²) in [6.45, 7) is 4.86. The molecule has 0 spiro atoms. The topological polar surface area (TPSA) is 58.6 Å². The predicted octanol–water partition coefficient (Wildman–Crippen LogP) is 2.21. The Hall–Kier alpha value is 0.707. The number of hydrogen-bond donors (Lipinski definition) is 0. The van der Waals surface area contributed by atoms with Gasteiger partial charge in [0.05, 0.1) is 13.2 Å². The van der Waals surface area contributed by atoms with Crippen LogP contribution >= 0.6 is 7.82 Å². The maximum absolute atomic E-state index is 11.5. The minimum Gasteiger partial charge on any atom is -0.756 e. The molecule has 0 radical (unpaired) electrons. The fourth-order valence-corrected chi connectivity index (χ4v) is 2.93. The zero-order chi connectivity index (χ0) is 15.8. The summed E-state index contributed by atoms with van der Waals surface area (Å²) in [5, 5.41) is 0. The van der Waals surface area contributed by atoms with Crippen LogP contribution in [-0.2, 0) is 13.6 Å². The predicted molar refractivity (Wildman–Crippen MR) is 86.3 cm³/mol. The van der Waals surface area contributed by atoms with Crippen molar-refractivity contribution in [2.24, 2.45) is 0 Å². The van der Waals surface area contributed by atoms with Crippen LogP contribution < -0.4 is 23.8 Å². The molecule has 4 nitrogen and oxygen atoms in total. The first-order valence-corrected chi connectivity index (χ1v) is 10.2. The van der Waals surface area contributed by atoms with Gasteiger partial charge in [-0.3, -0.25) is 4.57 Å². The smallest absolute Gasteiger partial charge is 0.756 e. The van der Waals surface area contributed by atoms with Gasteiger partial charge < -0.3 is 13.9 Å². The average molecular weight is 328 g/mol. The van der Waals surface area contributed by atoms with Gasteiger partial charge in [0.1, 0.15) is 0 Å². The van der Waals surface area contributed by atoms with E-state index in [0.29, 0.717) is 0 Å². The van der Waals surface area contributed by atoms with E-state index in [4.69, 9.17) is 9.05 Å². The minimum atomic E-state index is -4.07. The van der Waals surface area contributed by atoms with Crippen molar-refractivity contribution in [1.82, 2.24) is 0 Å². The van der Waals surface area contributed by atoms with E-state index in [2.05, 4.69) is 13.8 Å². The summed E-state index contributed by atoms with van der Waals surface area (Å²) in [6.07, 6.45) is 13.3. The molecule has 0 aliphatic carbocycles. The number of unbranched alkanes of at least 4 members (excludes halogenated alkanes) is 10. The Bertz CT molecular complexity index is 243. The first kappa shape index (κ1) is 25.0. The van der Waals surface area contributed by atoms with Crippen molar-refractivity contribution >= 4 is 7.82 Å². The molecule has 0 atom stereocenters. The molecule has 128 valence electrons. The second-order valence-electron chi connectivity index (χ2n) is 5.65. The maximum Gasteiger partial charge on any atom is 1.00 e. The van der Waals surface area contributed by atoms with Crippen LogP contribution in [0, 0.1) is 0 Å². The molecule has 0 fully saturated rings. The van der Waals surface area contributed by atoms with Gasteiger partial charge in [-0.1, -0.05) is 78.1 Å². The molecule has 0 saturated carbocycles. The zero-order valence-electron chi connectivity index (χ0n) is 15.0. The Kier molecular flexibility index (Phi) is 20.5. The van der Waals surface area contributed by atoms with E-state index in [1.165, 1.54) is 38.5 Å². The molecule has 0 bridgehead atoms. The fraction of sp³-hybridized carbons (Fsp3) is 1.00. The van der Waals surface area contributed by atoms with Gasteiger partial charge in [-0.15, -0.1) is 0 Å². The quantitative estimate of drug-likeness (QED) is 0.248. The van der Waals surface area contributed by atoms with Crippen LogP contribution in [0.1, 0.15) is 90.9 Å². The molecular weight excluding hydrogens is 294 g/mol. The molecule has 0 aromatic heterocycles. The summed E-state index contributed by atoms with van der Waals surface area (Å²) in [5.41, 5.74) is 0. The van der Waals surface area contributed by atoms with Crippen molar-refractivity contribution in [2.75, 3.05) is 13.2 Å². The zero-order valence-corrected chi connectivity index (χ0v) is 15.9. The third-order valence-electron chi connectivity index (χ3n) is 3.49. The van der Waals surface area contributed by atoms with E-state index < -0.39 is 7.82 Å². The Morgan fingerprint density at radius 3 is 1.36 bits per heavy atom. The van der Waals surface area contributed by atoms with E-state index in [9.17, 15) is 9.46 Å². The first-order chi connectivity index (χ1) is 10.1. The van der Waals surface area contributed by atoms with Crippen LogP contribution in [-0.4, -0.2) is 13.2 Å². The Morgan fingerprint density at radius 2 is 1.00 bits per heavy atom. The summed E-state index contributed by atoms with van der Waals surface area (Å²) in [4.78, 5) is 11.5. The first-order valence-electron chi connectivity index (χ1n) is 8.72. The number of phosphoric acid groups is 1. The molecule has 0 N–H and O–H groups in total. The van der Waals surface area contributed by atoms with Gasteiger partial charge in [0, 0.05) is 0 Å². The molecule has 0 aromatic carbocycles. The molecule has 22 heavy (non-hydrogen) atoms. The van der Waals surface area contributed by atoms with Gasteiger partial charge in [0.2, 0.25) is 0 Å². The minimum absolute atomic E-state index is 0. The van der Waals surface area contributed by atoms with Crippen LogP contribution in [0.5, 0.6) is 0 Å². The van der Waals surface area contributed by atoms with Crippen molar-refractivity contribution < 1.29 is 37.4 Å². The molecule has 0 unspecified atom stereocenters. The third-order valence-corrected chi connectivity index (χ3v) is 4.49.